The summed E-state index contributed by atoms with van der Waals surface area (Å²) in [6.45, 7) is 0.697. The quantitative estimate of drug-likeness (QED) is 0.468. The van der Waals surface area contributed by atoms with Crippen LogP contribution in [0.15, 0.2) is 78.9 Å². The lowest BCUT2D eigenvalue weighted by Crippen LogP contribution is -2.49. The zero-order chi connectivity index (χ0) is 24.8. The van der Waals surface area contributed by atoms with E-state index < -0.39 is 35.8 Å². The first-order chi connectivity index (χ1) is 17.0. The minimum absolute atomic E-state index is 0.129. The van der Waals surface area contributed by atoms with Crippen molar-refractivity contribution in [2.75, 3.05) is 6.54 Å². The van der Waals surface area contributed by atoms with Crippen LogP contribution in [-0.4, -0.2) is 30.3 Å². The van der Waals surface area contributed by atoms with E-state index in [1.165, 1.54) is 12.1 Å². The van der Waals surface area contributed by atoms with Crippen molar-refractivity contribution in [3.63, 3.8) is 0 Å². The average molecular weight is 471 g/mol. The second kappa shape index (κ2) is 11.0. The zero-order valence-corrected chi connectivity index (χ0v) is 19.2. The van der Waals surface area contributed by atoms with Gasteiger partial charge in [0.1, 0.15) is 17.9 Å². The largest absolute Gasteiger partial charge is 0.341 e. The highest BCUT2D eigenvalue weighted by molar-refractivity contribution is 5.95. The summed E-state index contributed by atoms with van der Waals surface area (Å²) < 4.78 is 14.4. The van der Waals surface area contributed by atoms with E-state index in [4.69, 9.17) is 11.0 Å². The van der Waals surface area contributed by atoms with Gasteiger partial charge in [0.2, 0.25) is 5.91 Å². The van der Waals surface area contributed by atoms with Crippen LogP contribution in [0.25, 0.3) is 0 Å². The second-order valence-electron chi connectivity index (χ2n) is 8.67. The van der Waals surface area contributed by atoms with E-state index in [-0.39, 0.29) is 16.9 Å². The second-order valence-corrected chi connectivity index (χ2v) is 8.67. The van der Waals surface area contributed by atoms with Gasteiger partial charge in [-0.2, -0.15) is 5.26 Å². The third-order valence-corrected chi connectivity index (χ3v) is 6.40. The van der Waals surface area contributed by atoms with Crippen molar-refractivity contribution in [1.29, 1.82) is 5.26 Å². The number of benzene rings is 3. The molecular formula is C28H27FN4O2. The minimum Gasteiger partial charge on any atom is -0.341 e. The van der Waals surface area contributed by atoms with Crippen molar-refractivity contribution >= 4 is 11.7 Å². The summed E-state index contributed by atoms with van der Waals surface area (Å²) in [7, 11) is 0. The SMILES string of the molecule is N#Cc1ccc(C(NC(=O)[C@H](N)C(c2ccccc2)c2ccccc2)C(=O)[C@@H]2CCCN2)cc1F. The molecule has 0 aliphatic carbocycles. The molecule has 7 heteroatoms. The average Bonchev–Trinajstić information content (AvgIpc) is 3.43. The van der Waals surface area contributed by atoms with Crippen molar-refractivity contribution in [2.45, 2.75) is 36.9 Å². The van der Waals surface area contributed by atoms with Gasteiger partial charge in [0.15, 0.2) is 5.78 Å². The molecule has 1 saturated heterocycles. The lowest BCUT2D eigenvalue weighted by Gasteiger charge is -2.27. The maximum atomic E-state index is 14.4. The number of amides is 1. The summed E-state index contributed by atoms with van der Waals surface area (Å²) in [5, 5.41) is 15.0. The van der Waals surface area contributed by atoms with E-state index in [1.807, 2.05) is 60.7 Å². The van der Waals surface area contributed by atoms with Gasteiger partial charge in [0, 0.05) is 5.92 Å². The Bertz CT molecular complexity index is 1180. The number of carbonyl (C=O) groups is 2. The molecule has 0 spiro atoms. The van der Waals surface area contributed by atoms with Crippen molar-refractivity contribution in [2.24, 2.45) is 5.73 Å². The number of nitriles is 1. The number of hydrogen-bond acceptors (Lipinski definition) is 5. The van der Waals surface area contributed by atoms with Crippen LogP contribution >= 0.6 is 0 Å². The van der Waals surface area contributed by atoms with Gasteiger partial charge < -0.3 is 16.4 Å². The molecule has 1 unspecified atom stereocenters. The lowest BCUT2D eigenvalue weighted by atomic mass is 9.84. The van der Waals surface area contributed by atoms with E-state index >= 15 is 0 Å². The van der Waals surface area contributed by atoms with Crippen LogP contribution in [0.4, 0.5) is 4.39 Å². The highest BCUT2D eigenvalue weighted by Gasteiger charge is 2.35. The van der Waals surface area contributed by atoms with Gasteiger partial charge in [-0.05, 0) is 48.2 Å². The highest BCUT2D eigenvalue weighted by Crippen LogP contribution is 2.28. The number of rotatable bonds is 8. The van der Waals surface area contributed by atoms with Gasteiger partial charge in [-0.3, -0.25) is 9.59 Å². The minimum atomic E-state index is -1.10. The fourth-order valence-corrected chi connectivity index (χ4v) is 4.57. The zero-order valence-electron chi connectivity index (χ0n) is 19.2. The predicted octanol–water partition coefficient (Wildman–Crippen LogP) is 3.34. The Hall–Kier alpha value is -3.86. The Morgan fingerprint density at radius 2 is 1.63 bits per heavy atom. The number of ketones is 1. The molecule has 0 aromatic heterocycles. The molecule has 6 nitrogen and oxygen atoms in total. The number of hydrogen-bond donors (Lipinski definition) is 3. The topological polar surface area (TPSA) is 108 Å². The van der Waals surface area contributed by atoms with Gasteiger partial charge in [0.25, 0.3) is 0 Å². The Morgan fingerprint density at radius 3 is 2.14 bits per heavy atom. The summed E-state index contributed by atoms with van der Waals surface area (Å²) in [5.41, 5.74) is 8.40. The molecule has 0 bridgehead atoms. The number of carbonyl (C=O) groups excluding carboxylic acids is 2. The maximum absolute atomic E-state index is 14.4. The molecule has 3 aromatic carbocycles. The van der Waals surface area contributed by atoms with E-state index in [1.54, 1.807) is 6.07 Å². The predicted molar refractivity (Wildman–Crippen MR) is 131 cm³/mol. The summed E-state index contributed by atoms with van der Waals surface area (Å²) in [5.74, 6) is -1.98. The van der Waals surface area contributed by atoms with E-state index in [0.717, 1.165) is 23.6 Å². The fourth-order valence-electron chi connectivity index (χ4n) is 4.57. The summed E-state index contributed by atoms with van der Waals surface area (Å²) in [6.07, 6.45) is 1.47. The Kier molecular flexibility index (Phi) is 7.66. The Morgan fingerprint density at radius 1 is 1.00 bits per heavy atom. The van der Waals surface area contributed by atoms with Gasteiger partial charge in [-0.15, -0.1) is 0 Å². The van der Waals surface area contributed by atoms with Crippen LogP contribution in [0.3, 0.4) is 0 Å². The molecule has 1 fully saturated rings. The van der Waals surface area contributed by atoms with Crippen molar-refractivity contribution in [1.82, 2.24) is 10.6 Å². The first-order valence-corrected chi connectivity index (χ1v) is 11.6. The van der Waals surface area contributed by atoms with E-state index in [2.05, 4.69) is 10.6 Å². The van der Waals surface area contributed by atoms with Crippen LogP contribution < -0.4 is 16.4 Å². The molecule has 3 atom stereocenters. The Balaban J connectivity index is 1.66. The summed E-state index contributed by atoms with van der Waals surface area (Å²) in [4.78, 5) is 26.9. The van der Waals surface area contributed by atoms with Crippen LogP contribution in [0.2, 0.25) is 0 Å². The van der Waals surface area contributed by atoms with E-state index in [9.17, 15) is 14.0 Å². The number of nitrogens with zero attached hydrogens (tertiary/aromatic N) is 1. The molecule has 3 aromatic rings. The third-order valence-electron chi connectivity index (χ3n) is 6.40. The van der Waals surface area contributed by atoms with Crippen molar-refractivity contribution in [3.8, 4) is 6.07 Å². The van der Waals surface area contributed by atoms with Gasteiger partial charge in [-0.25, -0.2) is 4.39 Å². The summed E-state index contributed by atoms with van der Waals surface area (Å²) in [6, 6.07) is 22.1. The molecule has 1 aliphatic heterocycles. The number of nitrogens with one attached hydrogen (secondary N) is 2. The van der Waals surface area contributed by atoms with Gasteiger partial charge >= 0.3 is 0 Å². The summed E-state index contributed by atoms with van der Waals surface area (Å²) >= 11 is 0. The van der Waals surface area contributed by atoms with Gasteiger partial charge in [-0.1, -0.05) is 66.7 Å². The monoisotopic (exact) mass is 470 g/mol. The number of halogens is 1. The highest BCUT2D eigenvalue weighted by atomic mass is 19.1. The molecule has 4 rings (SSSR count). The first-order valence-electron chi connectivity index (χ1n) is 11.6. The molecule has 35 heavy (non-hydrogen) atoms. The van der Waals surface area contributed by atoms with Crippen LogP contribution in [0.1, 0.15) is 47.1 Å². The molecular weight excluding hydrogens is 443 g/mol. The first kappa shape index (κ1) is 24.3. The number of nitrogens with two attached hydrogens (primary N) is 1. The molecule has 4 N–H and O–H groups in total. The number of Topliss-reactive ketones (excluding diaryl/α,β-unsaturated/α-hetero) is 1. The standard InChI is InChI=1S/C28H27FN4O2/c29-22-16-20(13-14-21(22)17-30)26(27(34)23-12-7-15-32-23)33-28(35)25(31)24(18-8-3-1-4-9-18)19-10-5-2-6-11-19/h1-6,8-11,13-14,16,23-26,32H,7,12,15,31H2,(H,33,35)/t23-,25+,26?/m0/s1. The maximum Gasteiger partial charge on any atom is 0.238 e. The van der Waals surface area contributed by atoms with E-state index in [0.29, 0.717) is 13.0 Å². The molecule has 1 amide bonds. The van der Waals surface area contributed by atoms with Crippen LogP contribution in [0.5, 0.6) is 0 Å². The fraction of sp³-hybridized carbons (Fsp3) is 0.250. The molecule has 0 radical (unpaired) electrons. The third kappa shape index (κ3) is 5.46. The van der Waals surface area contributed by atoms with Crippen molar-refractivity contribution < 1.29 is 14.0 Å². The van der Waals surface area contributed by atoms with Gasteiger partial charge in [0.05, 0.1) is 17.6 Å². The van der Waals surface area contributed by atoms with Crippen LogP contribution in [-0.2, 0) is 9.59 Å². The molecule has 178 valence electrons. The van der Waals surface area contributed by atoms with Crippen molar-refractivity contribution in [3.05, 3.63) is 107 Å². The smallest absolute Gasteiger partial charge is 0.238 e. The molecule has 1 aliphatic rings. The molecule has 1 heterocycles. The Labute approximate surface area is 204 Å². The normalized spacial score (nSPS) is 16.9. The lowest BCUT2D eigenvalue weighted by molar-refractivity contribution is -0.129. The van der Waals surface area contributed by atoms with Crippen LogP contribution in [0, 0.1) is 17.1 Å². The molecule has 0 saturated carbocycles.